The van der Waals surface area contributed by atoms with Crippen molar-refractivity contribution in [2.45, 2.75) is 58.7 Å². The SMILES string of the molecule is Cc1nc2c(c(=O)[nH]1)CN(C(=O)NC(C)c1ccc3c(c1)CCCC3)C2. The van der Waals surface area contributed by atoms with Gasteiger partial charge < -0.3 is 15.2 Å². The highest BCUT2D eigenvalue weighted by Crippen LogP contribution is 2.25. The standard InChI is InChI=1S/C20H24N4O2/c1-12(15-8-7-14-5-3-4-6-16(14)9-15)21-20(26)24-10-17-18(11-24)22-13(2)23-19(17)25/h7-9,12H,3-6,10-11H2,1-2H3,(H,21,26)(H,22,23,25). The number of aryl methyl sites for hydroxylation is 3. The number of benzene rings is 1. The van der Waals surface area contributed by atoms with E-state index in [9.17, 15) is 9.59 Å². The van der Waals surface area contributed by atoms with Gasteiger partial charge in [-0.05, 0) is 56.2 Å². The summed E-state index contributed by atoms with van der Waals surface area (Å²) < 4.78 is 0. The van der Waals surface area contributed by atoms with Crippen LogP contribution in [0.1, 0.15) is 59.6 Å². The number of aromatic nitrogens is 2. The minimum atomic E-state index is -0.162. The minimum Gasteiger partial charge on any atom is -0.331 e. The number of carbonyl (C=O) groups is 1. The number of urea groups is 1. The Labute approximate surface area is 152 Å². The van der Waals surface area contributed by atoms with E-state index in [1.807, 2.05) is 6.92 Å². The Morgan fingerprint density at radius 3 is 2.81 bits per heavy atom. The molecule has 4 rings (SSSR count). The maximum atomic E-state index is 12.7. The molecule has 0 saturated heterocycles. The first kappa shape index (κ1) is 16.8. The Morgan fingerprint density at radius 2 is 2.00 bits per heavy atom. The van der Waals surface area contributed by atoms with Crippen molar-refractivity contribution >= 4 is 6.03 Å². The summed E-state index contributed by atoms with van der Waals surface area (Å²) in [5.74, 6) is 0.582. The van der Waals surface area contributed by atoms with Crippen molar-refractivity contribution in [1.29, 1.82) is 0 Å². The molecule has 2 amide bonds. The Hall–Kier alpha value is -2.63. The average molecular weight is 352 g/mol. The number of nitrogens with zero attached hydrogens (tertiary/aromatic N) is 2. The summed E-state index contributed by atoms with van der Waals surface area (Å²) in [6.07, 6.45) is 4.79. The highest BCUT2D eigenvalue weighted by Gasteiger charge is 2.28. The summed E-state index contributed by atoms with van der Waals surface area (Å²) in [4.78, 5) is 33.4. The summed E-state index contributed by atoms with van der Waals surface area (Å²) >= 11 is 0. The summed E-state index contributed by atoms with van der Waals surface area (Å²) in [5, 5.41) is 3.06. The molecule has 0 fully saturated rings. The average Bonchev–Trinajstić information content (AvgIpc) is 3.05. The van der Waals surface area contributed by atoms with Gasteiger partial charge in [-0.3, -0.25) is 4.79 Å². The molecule has 1 aromatic carbocycles. The molecule has 6 heteroatoms. The number of aromatic amines is 1. The predicted octanol–water partition coefficient (Wildman–Crippen LogP) is 2.74. The normalized spacial score (nSPS) is 16.8. The van der Waals surface area contributed by atoms with Crippen molar-refractivity contribution in [3.8, 4) is 0 Å². The molecule has 1 aromatic heterocycles. The van der Waals surface area contributed by atoms with Crippen LogP contribution in [0.2, 0.25) is 0 Å². The largest absolute Gasteiger partial charge is 0.331 e. The van der Waals surface area contributed by atoms with Gasteiger partial charge in [-0.1, -0.05) is 18.2 Å². The van der Waals surface area contributed by atoms with Crippen LogP contribution in [0.25, 0.3) is 0 Å². The van der Waals surface area contributed by atoms with E-state index >= 15 is 0 Å². The van der Waals surface area contributed by atoms with E-state index in [0.717, 1.165) is 18.4 Å². The first-order valence-corrected chi connectivity index (χ1v) is 9.27. The zero-order valence-electron chi connectivity index (χ0n) is 15.3. The van der Waals surface area contributed by atoms with Crippen molar-refractivity contribution in [3.63, 3.8) is 0 Å². The smallest absolute Gasteiger partial charge is 0.318 e. The van der Waals surface area contributed by atoms with E-state index in [0.29, 0.717) is 30.2 Å². The summed E-state index contributed by atoms with van der Waals surface area (Å²) in [6, 6.07) is 6.30. The van der Waals surface area contributed by atoms with Crippen LogP contribution in [0, 0.1) is 6.92 Å². The van der Waals surface area contributed by atoms with E-state index in [1.165, 1.54) is 24.0 Å². The molecule has 136 valence electrons. The van der Waals surface area contributed by atoms with Gasteiger partial charge in [0.25, 0.3) is 5.56 Å². The quantitative estimate of drug-likeness (QED) is 0.872. The molecule has 26 heavy (non-hydrogen) atoms. The second-order valence-corrected chi connectivity index (χ2v) is 7.34. The number of carbonyl (C=O) groups excluding carboxylic acids is 1. The first-order chi connectivity index (χ1) is 12.5. The van der Waals surface area contributed by atoms with Crippen molar-refractivity contribution in [2.24, 2.45) is 0 Å². The lowest BCUT2D eigenvalue weighted by Gasteiger charge is -2.22. The molecule has 1 unspecified atom stereocenters. The van der Waals surface area contributed by atoms with Gasteiger partial charge in [-0.25, -0.2) is 9.78 Å². The van der Waals surface area contributed by atoms with Crippen molar-refractivity contribution < 1.29 is 4.79 Å². The van der Waals surface area contributed by atoms with E-state index in [-0.39, 0.29) is 17.6 Å². The van der Waals surface area contributed by atoms with Crippen LogP contribution in [0.3, 0.4) is 0 Å². The topological polar surface area (TPSA) is 78.1 Å². The second-order valence-electron chi connectivity index (χ2n) is 7.34. The van der Waals surface area contributed by atoms with Crippen LogP contribution >= 0.6 is 0 Å². The molecule has 0 saturated carbocycles. The van der Waals surface area contributed by atoms with Gasteiger partial charge in [0.15, 0.2) is 0 Å². The minimum absolute atomic E-state index is 0.0774. The molecule has 2 aliphatic rings. The van der Waals surface area contributed by atoms with Crippen molar-refractivity contribution in [2.75, 3.05) is 0 Å². The summed E-state index contributed by atoms with van der Waals surface area (Å²) in [5.41, 5.74) is 5.12. The number of hydrogen-bond donors (Lipinski definition) is 2. The van der Waals surface area contributed by atoms with E-state index in [1.54, 1.807) is 11.8 Å². The highest BCUT2D eigenvalue weighted by atomic mass is 16.2. The number of nitrogens with one attached hydrogen (secondary N) is 2. The van der Waals surface area contributed by atoms with E-state index < -0.39 is 0 Å². The molecule has 1 aliphatic carbocycles. The van der Waals surface area contributed by atoms with Gasteiger partial charge >= 0.3 is 6.03 Å². The molecule has 2 N–H and O–H groups in total. The maximum Gasteiger partial charge on any atom is 0.318 e. The predicted molar refractivity (Wildman–Crippen MR) is 98.9 cm³/mol. The molecule has 0 spiro atoms. The van der Waals surface area contributed by atoms with Gasteiger partial charge in [0, 0.05) is 0 Å². The summed E-state index contributed by atoms with van der Waals surface area (Å²) in [7, 11) is 0. The lowest BCUT2D eigenvalue weighted by Crippen LogP contribution is -2.38. The molecular weight excluding hydrogens is 328 g/mol. The van der Waals surface area contributed by atoms with Crippen LogP contribution in [0.15, 0.2) is 23.0 Å². The van der Waals surface area contributed by atoms with Gasteiger partial charge in [0.05, 0.1) is 30.4 Å². The van der Waals surface area contributed by atoms with Gasteiger partial charge in [0.2, 0.25) is 0 Å². The zero-order chi connectivity index (χ0) is 18.3. The first-order valence-electron chi connectivity index (χ1n) is 9.27. The van der Waals surface area contributed by atoms with Crippen LogP contribution in [-0.2, 0) is 25.9 Å². The Balaban J connectivity index is 1.45. The fraction of sp³-hybridized carbons (Fsp3) is 0.450. The van der Waals surface area contributed by atoms with Crippen LogP contribution in [-0.4, -0.2) is 20.9 Å². The number of rotatable bonds is 2. The number of fused-ring (bicyclic) bond motifs is 2. The Bertz CT molecular complexity index is 919. The molecular formula is C20H24N4O2. The fourth-order valence-corrected chi connectivity index (χ4v) is 3.92. The highest BCUT2D eigenvalue weighted by molar-refractivity contribution is 5.75. The number of H-pyrrole nitrogens is 1. The third-order valence-corrected chi connectivity index (χ3v) is 5.41. The molecule has 1 atom stereocenters. The monoisotopic (exact) mass is 352 g/mol. The lowest BCUT2D eigenvalue weighted by molar-refractivity contribution is 0.195. The van der Waals surface area contributed by atoms with Gasteiger partial charge in [-0.15, -0.1) is 0 Å². The molecule has 0 radical (unpaired) electrons. The van der Waals surface area contributed by atoms with Crippen molar-refractivity contribution in [3.05, 3.63) is 62.3 Å². The molecule has 2 aromatic rings. The number of amides is 2. The third-order valence-electron chi connectivity index (χ3n) is 5.41. The summed E-state index contributed by atoms with van der Waals surface area (Å²) in [6.45, 7) is 4.44. The van der Waals surface area contributed by atoms with Crippen LogP contribution in [0.4, 0.5) is 4.79 Å². The molecule has 2 heterocycles. The van der Waals surface area contributed by atoms with Gasteiger partial charge in [0.1, 0.15) is 5.82 Å². The Kier molecular flexibility index (Phi) is 4.26. The van der Waals surface area contributed by atoms with Crippen LogP contribution < -0.4 is 10.9 Å². The third kappa shape index (κ3) is 3.11. The van der Waals surface area contributed by atoms with E-state index in [4.69, 9.17) is 0 Å². The second kappa shape index (κ2) is 6.59. The fourth-order valence-electron chi connectivity index (χ4n) is 3.92. The van der Waals surface area contributed by atoms with Crippen molar-refractivity contribution in [1.82, 2.24) is 20.2 Å². The Morgan fingerprint density at radius 1 is 1.23 bits per heavy atom. The maximum absolute atomic E-state index is 12.7. The number of hydrogen-bond acceptors (Lipinski definition) is 3. The molecule has 0 bridgehead atoms. The van der Waals surface area contributed by atoms with Crippen LogP contribution in [0.5, 0.6) is 0 Å². The molecule has 6 nitrogen and oxygen atoms in total. The van der Waals surface area contributed by atoms with E-state index in [2.05, 4.69) is 33.5 Å². The molecule has 1 aliphatic heterocycles. The zero-order valence-corrected chi connectivity index (χ0v) is 15.3. The lowest BCUT2D eigenvalue weighted by atomic mass is 9.89. The van der Waals surface area contributed by atoms with Gasteiger partial charge in [-0.2, -0.15) is 0 Å².